The molecule has 0 atom stereocenters. The van der Waals surface area contributed by atoms with Gasteiger partial charge in [0, 0.05) is 18.0 Å². The normalized spacial score (nSPS) is 11.9. The van der Waals surface area contributed by atoms with Crippen LogP contribution in [0.25, 0.3) is 0 Å². The Morgan fingerprint density at radius 2 is 2.12 bits per heavy atom. The fourth-order valence-electron chi connectivity index (χ4n) is 0.893. The summed E-state index contributed by atoms with van der Waals surface area (Å²) < 4.78 is 53.3. The van der Waals surface area contributed by atoms with Gasteiger partial charge in [0.2, 0.25) is 0 Å². The van der Waals surface area contributed by atoms with E-state index in [2.05, 4.69) is 9.72 Å². The lowest BCUT2D eigenvalue weighted by molar-refractivity contribution is -0.148. The second-order valence-electron chi connectivity index (χ2n) is 2.97. The van der Waals surface area contributed by atoms with E-state index in [4.69, 9.17) is 11.6 Å². The topological polar surface area (TPSA) is 22.1 Å². The smallest absolute Gasteiger partial charge is 0.340 e. The molecule has 0 aliphatic carbocycles. The Hall–Kier alpha value is -1.04. The van der Waals surface area contributed by atoms with Gasteiger partial charge in [-0.05, 0) is 6.07 Å². The zero-order valence-corrected chi connectivity index (χ0v) is 8.72. The number of halogens is 5. The van der Waals surface area contributed by atoms with Gasteiger partial charge in [-0.25, -0.2) is 8.78 Å². The van der Waals surface area contributed by atoms with E-state index in [0.29, 0.717) is 5.56 Å². The summed E-state index contributed by atoms with van der Waals surface area (Å²) in [7, 11) is 0. The molecule has 16 heavy (non-hydrogen) atoms. The highest BCUT2D eigenvalue weighted by Gasteiger charge is 2.41. The predicted octanol–water partition coefficient (Wildman–Crippen LogP) is 3.10. The summed E-state index contributed by atoms with van der Waals surface area (Å²) in [5, 5.41) is 0. The van der Waals surface area contributed by atoms with Crippen molar-refractivity contribution in [3.05, 3.63) is 24.0 Å². The molecule has 0 saturated carbocycles. The molecule has 1 heterocycles. The molecule has 0 saturated heterocycles. The number of nitrogens with zero attached hydrogens (tertiary/aromatic N) is 1. The third-order valence-corrected chi connectivity index (χ3v) is 2.03. The third kappa shape index (κ3) is 3.23. The van der Waals surface area contributed by atoms with Crippen molar-refractivity contribution >= 4 is 11.6 Å². The van der Waals surface area contributed by atoms with Crippen LogP contribution in [-0.4, -0.2) is 23.9 Å². The van der Waals surface area contributed by atoms with E-state index in [1.165, 1.54) is 18.5 Å². The van der Waals surface area contributed by atoms with Crippen LogP contribution in [0.15, 0.2) is 18.5 Å². The first-order valence-electron chi connectivity index (χ1n) is 4.25. The van der Waals surface area contributed by atoms with Crippen molar-refractivity contribution in [1.82, 2.24) is 4.98 Å². The van der Waals surface area contributed by atoms with Crippen LogP contribution < -0.4 is 4.74 Å². The van der Waals surface area contributed by atoms with Crippen LogP contribution in [0.2, 0.25) is 0 Å². The van der Waals surface area contributed by atoms with Crippen molar-refractivity contribution in [1.29, 1.82) is 0 Å². The molecule has 0 amide bonds. The van der Waals surface area contributed by atoms with Crippen LogP contribution in [0.5, 0.6) is 5.75 Å². The quantitative estimate of drug-likeness (QED) is 0.597. The van der Waals surface area contributed by atoms with E-state index in [9.17, 15) is 17.6 Å². The van der Waals surface area contributed by atoms with Gasteiger partial charge in [0.25, 0.3) is 0 Å². The van der Waals surface area contributed by atoms with Crippen LogP contribution in [0, 0.1) is 0 Å². The first-order valence-corrected chi connectivity index (χ1v) is 4.78. The van der Waals surface area contributed by atoms with Crippen molar-refractivity contribution in [2.45, 2.75) is 18.2 Å². The molecule has 2 nitrogen and oxygen atoms in total. The average molecular weight is 258 g/mol. The van der Waals surface area contributed by atoms with E-state index in [-0.39, 0.29) is 11.6 Å². The lowest BCUT2D eigenvalue weighted by Crippen LogP contribution is -2.33. The molecule has 0 unspecified atom stereocenters. The molecule has 1 rings (SSSR count). The third-order valence-electron chi connectivity index (χ3n) is 1.74. The van der Waals surface area contributed by atoms with Gasteiger partial charge < -0.3 is 4.74 Å². The van der Waals surface area contributed by atoms with E-state index in [1.807, 2.05) is 0 Å². The minimum Gasteiger partial charge on any atom is -0.487 e. The summed E-state index contributed by atoms with van der Waals surface area (Å²) in [5.41, 5.74) is 0.370. The van der Waals surface area contributed by atoms with Gasteiger partial charge >= 0.3 is 12.3 Å². The number of hydrogen-bond donors (Lipinski definition) is 0. The number of rotatable bonds is 5. The molecule has 0 aliphatic heterocycles. The first-order chi connectivity index (χ1) is 7.47. The Morgan fingerprint density at radius 3 is 2.69 bits per heavy atom. The van der Waals surface area contributed by atoms with Gasteiger partial charge in [-0.1, -0.05) is 0 Å². The Labute approximate surface area is 94.2 Å². The summed E-state index contributed by atoms with van der Waals surface area (Å²) in [6, 6.07) is 1.29. The molecule has 1 aromatic heterocycles. The van der Waals surface area contributed by atoms with Crippen LogP contribution in [0.4, 0.5) is 17.6 Å². The van der Waals surface area contributed by atoms with Gasteiger partial charge in [-0.15, -0.1) is 11.6 Å². The summed E-state index contributed by atoms with van der Waals surface area (Å²) in [5.74, 6) is -4.14. The summed E-state index contributed by atoms with van der Waals surface area (Å²) in [6.45, 7) is -1.39. The number of ether oxygens (including phenoxy) is 1. The molecule has 1 aromatic rings. The van der Waals surface area contributed by atoms with Crippen molar-refractivity contribution in [2.75, 3.05) is 6.61 Å². The molecule has 7 heteroatoms. The zero-order valence-electron chi connectivity index (χ0n) is 7.97. The monoisotopic (exact) mass is 257 g/mol. The first kappa shape index (κ1) is 13.0. The van der Waals surface area contributed by atoms with Crippen molar-refractivity contribution in [3.8, 4) is 5.75 Å². The molecule has 0 N–H and O–H groups in total. The lowest BCUT2D eigenvalue weighted by Gasteiger charge is -2.16. The molecule has 0 fully saturated rings. The maximum atomic E-state index is 12.5. The zero-order chi connectivity index (χ0) is 12.2. The fourth-order valence-corrected chi connectivity index (χ4v) is 1.09. The van der Waals surface area contributed by atoms with Gasteiger partial charge in [0.15, 0.2) is 6.61 Å². The molecule has 0 bridgehead atoms. The van der Waals surface area contributed by atoms with Crippen molar-refractivity contribution in [3.63, 3.8) is 0 Å². The second-order valence-corrected chi connectivity index (χ2v) is 3.23. The number of hydrogen-bond acceptors (Lipinski definition) is 2. The molecule has 0 radical (unpaired) electrons. The minimum atomic E-state index is -4.17. The average Bonchev–Trinajstić information content (AvgIpc) is 2.26. The highest BCUT2D eigenvalue weighted by atomic mass is 35.5. The molecule has 0 aliphatic rings. The molecule has 90 valence electrons. The highest BCUT2D eigenvalue weighted by molar-refractivity contribution is 6.17. The Kier molecular flexibility index (Phi) is 4.35. The highest BCUT2D eigenvalue weighted by Crippen LogP contribution is 2.26. The van der Waals surface area contributed by atoms with Crippen LogP contribution in [0.1, 0.15) is 5.56 Å². The van der Waals surface area contributed by atoms with Crippen LogP contribution in [0.3, 0.4) is 0 Å². The maximum Gasteiger partial charge on any atom is 0.340 e. The van der Waals surface area contributed by atoms with E-state index < -0.39 is 19.0 Å². The summed E-state index contributed by atoms with van der Waals surface area (Å²) in [6.07, 6.45) is -1.14. The SMILES string of the molecule is FC(F)C(F)(F)COc1ccncc1CCl. The van der Waals surface area contributed by atoms with Crippen molar-refractivity contribution < 1.29 is 22.3 Å². The molecule has 0 spiro atoms. The Bertz CT molecular complexity index is 348. The molecular formula is C9H8ClF4NO. The lowest BCUT2D eigenvalue weighted by atomic mass is 10.3. The number of pyridine rings is 1. The van der Waals surface area contributed by atoms with Crippen LogP contribution in [-0.2, 0) is 5.88 Å². The fraction of sp³-hybridized carbons (Fsp3) is 0.444. The van der Waals surface area contributed by atoms with Gasteiger partial charge in [0.1, 0.15) is 5.75 Å². The van der Waals surface area contributed by atoms with Gasteiger partial charge in [-0.2, -0.15) is 8.78 Å². The number of aromatic nitrogens is 1. The molecular weight excluding hydrogens is 250 g/mol. The van der Waals surface area contributed by atoms with Crippen LogP contribution >= 0.6 is 11.6 Å². The van der Waals surface area contributed by atoms with Gasteiger partial charge in [0.05, 0.1) is 5.88 Å². The largest absolute Gasteiger partial charge is 0.487 e. The summed E-state index contributed by atoms with van der Waals surface area (Å²) >= 11 is 5.49. The standard InChI is InChI=1S/C9H8ClF4NO/c10-3-6-4-15-2-1-7(6)16-5-9(13,14)8(11)12/h1-2,4,8H,3,5H2. The summed E-state index contributed by atoms with van der Waals surface area (Å²) in [4.78, 5) is 3.70. The van der Waals surface area contributed by atoms with E-state index in [1.54, 1.807) is 0 Å². The number of alkyl halides is 5. The van der Waals surface area contributed by atoms with E-state index >= 15 is 0 Å². The molecule has 0 aromatic carbocycles. The van der Waals surface area contributed by atoms with Gasteiger partial charge in [-0.3, -0.25) is 4.98 Å². The minimum absolute atomic E-state index is 0.00340. The van der Waals surface area contributed by atoms with E-state index in [0.717, 1.165) is 0 Å². The van der Waals surface area contributed by atoms with Crippen molar-refractivity contribution in [2.24, 2.45) is 0 Å². The Balaban J connectivity index is 2.67. The predicted molar refractivity (Wildman–Crippen MR) is 50.2 cm³/mol. The second kappa shape index (κ2) is 5.34. The Morgan fingerprint density at radius 1 is 1.44 bits per heavy atom. The maximum absolute atomic E-state index is 12.5.